The Hall–Kier alpha value is -1.75. The summed E-state index contributed by atoms with van der Waals surface area (Å²) in [6, 6.07) is 5.25. The van der Waals surface area contributed by atoms with Crippen molar-refractivity contribution < 1.29 is 5.11 Å². The van der Waals surface area contributed by atoms with Gasteiger partial charge in [0.05, 0.1) is 11.0 Å². The van der Waals surface area contributed by atoms with Gasteiger partial charge in [-0.2, -0.15) is 0 Å². The first-order chi connectivity index (χ1) is 9.19. The Morgan fingerprint density at radius 1 is 1.37 bits per heavy atom. The first kappa shape index (κ1) is 12.3. The van der Waals surface area contributed by atoms with Crippen LogP contribution in [0.3, 0.4) is 0 Å². The number of nitrogens with zero attached hydrogens (tertiary/aromatic N) is 2. The van der Waals surface area contributed by atoms with Crippen molar-refractivity contribution in [2.45, 2.75) is 25.8 Å². The Labute approximate surface area is 111 Å². The molecule has 1 aliphatic heterocycles. The quantitative estimate of drug-likeness (QED) is 0.865. The summed E-state index contributed by atoms with van der Waals surface area (Å²) in [5.41, 5.74) is 1.52. The minimum atomic E-state index is -0.0736. The molecule has 19 heavy (non-hydrogen) atoms. The number of aromatic nitrogens is 2. The van der Waals surface area contributed by atoms with E-state index in [4.69, 9.17) is 0 Å². The van der Waals surface area contributed by atoms with Crippen LogP contribution in [-0.4, -0.2) is 39.2 Å². The number of hydrogen-bond donors (Lipinski definition) is 2. The number of phenolic OH excluding ortho intramolecular Hbond substituents is 1. The van der Waals surface area contributed by atoms with Crippen LogP contribution in [-0.2, 0) is 0 Å². The maximum Gasteiger partial charge on any atom is 0.326 e. The highest BCUT2D eigenvalue weighted by molar-refractivity contribution is 5.77. The number of nitrogens with one attached hydrogen (secondary N) is 1. The fourth-order valence-corrected chi connectivity index (χ4v) is 2.97. The lowest BCUT2D eigenvalue weighted by Gasteiger charge is -2.31. The summed E-state index contributed by atoms with van der Waals surface area (Å²) in [5, 5.41) is 9.60. The molecule has 2 N–H and O–H groups in total. The van der Waals surface area contributed by atoms with Crippen molar-refractivity contribution in [1.29, 1.82) is 0 Å². The van der Waals surface area contributed by atoms with Crippen molar-refractivity contribution in [2.24, 2.45) is 0 Å². The third-order valence-corrected chi connectivity index (χ3v) is 4.07. The second-order valence-electron chi connectivity index (χ2n) is 5.17. The number of H-pyrrole nitrogens is 1. The fourth-order valence-electron chi connectivity index (χ4n) is 2.97. The van der Waals surface area contributed by atoms with E-state index >= 15 is 0 Å². The number of hydrogen-bond acceptors (Lipinski definition) is 3. The third kappa shape index (κ3) is 2.14. The Balaban J connectivity index is 1.98. The van der Waals surface area contributed by atoms with Crippen molar-refractivity contribution in [3.8, 4) is 5.75 Å². The molecule has 0 saturated carbocycles. The summed E-state index contributed by atoms with van der Waals surface area (Å²) in [5.74, 6) is 0.200. The second-order valence-corrected chi connectivity index (χ2v) is 5.17. The van der Waals surface area contributed by atoms with E-state index in [1.165, 1.54) is 0 Å². The normalized spacial score (nSPS) is 18.2. The smallest absolute Gasteiger partial charge is 0.326 e. The van der Waals surface area contributed by atoms with Gasteiger partial charge in [0.15, 0.2) is 0 Å². The van der Waals surface area contributed by atoms with Crippen LogP contribution < -0.4 is 5.69 Å². The largest absolute Gasteiger partial charge is 0.508 e. The third-order valence-electron chi connectivity index (χ3n) is 4.07. The molecule has 5 nitrogen and oxygen atoms in total. The lowest BCUT2D eigenvalue weighted by molar-refractivity contribution is 0.195. The number of phenols is 1. The Morgan fingerprint density at radius 3 is 2.79 bits per heavy atom. The highest BCUT2D eigenvalue weighted by atomic mass is 16.3. The molecule has 2 heterocycles. The molecule has 1 aromatic heterocycles. The number of piperidine rings is 1. The molecule has 2 aromatic rings. The highest BCUT2D eigenvalue weighted by Gasteiger charge is 2.22. The molecular weight excluding hydrogens is 242 g/mol. The van der Waals surface area contributed by atoms with Crippen LogP contribution in [0.1, 0.15) is 25.8 Å². The monoisotopic (exact) mass is 261 g/mol. The van der Waals surface area contributed by atoms with Crippen LogP contribution in [0.2, 0.25) is 0 Å². The molecule has 3 rings (SSSR count). The summed E-state index contributed by atoms with van der Waals surface area (Å²) < 4.78 is 1.81. The SMILES string of the molecule is CCN1CCC(n2c(=O)[nH]c3ccc(O)cc32)CC1. The number of benzene rings is 1. The van der Waals surface area contributed by atoms with Gasteiger partial charge in [-0.3, -0.25) is 4.57 Å². The summed E-state index contributed by atoms with van der Waals surface area (Å²) >= 11 is 0. The number of aromatic amines is 1. The van der Waals surface area contributed by atoms with Gasteiger partial charge in [0.25, 0.3) is 0 Å². The van der Waals surface area contributed by atoms with E-state index in [1.54, 1.807) is 18.2 Å². The first-order valence-corrected chi connectivity index (χ1v) is 6.84. The Morgan fingerprint density at radius 2 is 2.11 bits per heavy atom. The van der Waals surface area contributed by atoms with Crippen LogP contribution in [0.25, 0.3) is 11.0 Å². The predicted octanol–water partition coefficient (Wildman–Crippen LogP) is 1.69. The standard InChI is InChI=1S/C14H19N3O2/c1-2-16-7-5-10(6-8-16)17-13-9-11(18)3-4-12(13)15-14(17)19/h3-4,9-10,18H,2,5-8H2,1H3,(H,15,19). The van der Waals surface area contributed by atoms with Crippen LogP contribution in [0, 0.1) is 0 Å². The van der Waals surface area contributed by atoms with E-state index in [9.17, 15) is 9.90 Å². The van der Waals surface area contributed by atoms with Gasteiger partial charge in [0, 0.05) is 25.2 Å². The average Bonchev–Trinajstić information content (AvgIpc) is 2.74. The molecule has 0 radical (unpaired) electrons. The average molecular weight is 261 g/mol. The molecule has 0 unspecified atom stereocenters. The van der Waals surface area contributed by atoms with Gasteiger partial charge in [-0.15, -0.1) is 0 Å². The molecular formula is C14H19N3O2. The van der Waals surface area contributed by atoms with Gasteiger partial charge in [-0.1, -0.05) is 6.92 Å². The summed E-state index contributed by atoms with van der Waals surface area (Å²) in [6.45, 7) is 5.28. The molecule has 5 heteroatoms. The van der Waals surface area contributed by atoms with Gasteiger partial charge in [0.2, 0.25) is 0 Å². The van der Waals surface area contributed by atoms with Gasteiger partial charge >= 0.3 is 5.69 Å². The van der Waals surface area contributed by atoms with Gasteiger partial charge in [-0.25, -0.2) is 4.79 Å². The second kappa shape index (κ2) is 4.74. The highest BCUT2D eigenvalue weighted by Crippen LogP contribution is 2.26. The van der Waals surface area contributed by atoms with E-state index in [2.05, 4.69) is 16.8 Å². The summed E-state index contributed by atoms with van der Waals surface area (Å²) in [7, 11) is 0. The topological polar surface area (TPSA) is 61.3 Å². The summed E-state index contributed by atoms with van der Waals surface area (Å²) in [6.07, 6.45) is 1.96. The Kier molecular flexibility index (Phi) is 3.06. The molecule has 1 aromatic carbocycles. The molecule has 0 amide bonds. The predicted molar refractivity (Wildman–Crippen MR) is 74.6 cm³/mol. The maximum absolute atomic E-state index is 12.1. The van der Waals surface area contributed by atoms with E-state index in [1.807, 2.05) is 4.57 Å². The number of rotatable bonds is 2. The number of likely N-dealkylation sites (tertiary alicyclic amines) is 1. The molecule has 0 bridgehead atoms. The number of aromatic hydroxyl groups is 1. The molecule has 102 valence electrons. The van der Waals surface area contributed by atoms with Crippen molar-refractivity contribution >= 4 is 11.0 Å². The van der Waals surface area contributed by atoms with Crippen LogP contribution in [0.15, 0.2) is 23.0 Å². The van der Waals surface area contributed by atoms with Crippen LogP contribution in [0.4, 0.5) is 0 Å². The molecule has 0 aliphatic carbocycles. The van der Waals surface area contributed by atoms with E-state index in [0.717, 1.165) is 43.5 Å². The zero-order chi connectivity index (χ0) is 13.4. The van der Waals surface area contributed by atoms with Crippen molar-refractivity contribution in [3.05, 3.63) is 28.7 Å². The summed E-state index contributed by atoms with van der Waals surface area (Å²) in [4.78, 5) is 17.4. The molecule has 1 aliphatic rings. The minimum Gasteiger partial charge on any atom is -0.508 e. The molecule has 1 fully saturated rings. The lowest BCUT2D eigenvalue weighted by Crippen LogP contribution is -2.36. The maximum atomic E-state index is 12.1. The van der Waals surface area contributed by atoms with Gasteiger partial charge in [-0.05, 0) is 31.5 Å². The first-order valence-electron chi connectivity index (χ1n) is 6.84. The minimum absolute atomic E-state index is 0.0736. The van der Waals surface area contributed by atoms with Gasteiger partial charge < -0.3 is 15.0 Å². The Bertz CT molecular complexity index is 636. The van der Waals surface area contributed by atoms with Crippen LogP contribution >= 0.6 is 0 Å². The van der Waals surface area contributed by atoms with E-state index < -0.39 is 0 Å². The molecule has 1 saturated heterocycles. The van der Waals surface area contributed by atoms with E-state index in [-0.39, 0.29) is 17.5 Å². The van der Waals surface area contributed by atoms with Crippen molar-refractivity contribution in [2.75, 3.05) is 19.6 Å². The molecule has 0 spiro atoms. The van der Waals surface area contributed by atoms with Crippen molar-refractivity contribution in [1.82, 2.24) is 14.5 Å². The van der Waals surface area contributed by atoms with Crippen LogP contribution in [0.5, 0.6) is 5.75 Å². The zero-order valence-electron chi connectivity index (χ0n) is 11.1. The zero-order valence-corrected chi connectivity index (χ0v) is 11.1. The molecule has 0 atom stereocenters. The van der Waals surface area contributed by atoms with E-state index in [0.29, 0.717) is 0 Å². The van der Waals surface area contributed by atoms with Crippen molar-refractivity contribution in [3.63, 3.8) is 0 Å². The fraction of sp³-hybridized carbons (Fsp3) is 0.500. The van der Waals surface area contributed by atoms with Gasteiger partial charge in [0.1, 0.15) is 5.75 Å². The number of fused-ring (bicyclic) bond motifs is 1. The number of imidazole rings is 1. The lowest BCUT2D eigenvalue weighted by atomic mass is 10.0.